The van der Waals surface area contributed by atoms with Crippen LogP contribution in [0.4, 0.5) is 0 Å². The molecule has 2 aromatic carbocycles. The minimum atomic E-state index is -0.481. The van der Waals surface area contributed by atoms with Gasteiger partial charge >= 0.3 is 0 Å². The molecule has 0 saturated heterocycles. The lowest BCUT2D eigenvalue weighted by Crippen LogP contribution is -2.50. The van der Waals surface area contributed by atoms with E-state index in [2.05, 4.69) is 11.4 Å². The molecule has 3 aliphatic rings. The number of nitrogens with zero attached hydrogens (tertiary/aromatic N) is 1. The third kappa shape index (κ3) is 4.61. The highest BCUT2D eigenvalue weighted by molar-refractivity contribution is 6.01. The van der Waals surface area contributed by atoms with E-state index < -0.39 is 5.92 Å². The number of hydrogen-bond donors (Lipinski definition) is 1. The fourth-order valence-corrected chi connectivity index (χ4v) is 5.94. The summed E-state index contributed by atoms with van der Waals surface area (Å²) < 4.78 is 11.8. The van der Waals surface area contributed by atoms with Crippen molar-refractivity contribution in [1.29, 1.82) is 0 Å². The maximum absolute atomic E-state index is 13.8. The lowest BCUT2D eigenvalue weighted by atomic mass is 9.75. The molecule has 2 aliphatic heterocycles. The van der Waals surface area contributed by atoms with Crippen molar-refractivity contribution in [2.45, 2.75) is 64.3 Å². The molecule has 0 bridgehead atoms. The molecule has 5 rings (SSSR count). The van der Waals surface area contributed by atoms with Crippen molar-refractivity contribution in [1.82, 2.24) is 10.2 Å². The Bertz CT molecular complexity index is 1170. The Morgan fingerprint density at radius 2 is 1.81 bits per heavy atom. The van der Waals surface area contributed by atoms with Gasteiger partial charge in [0.2, 0.25) is 5.91 Å². The summed E-state index contributed by atoms with van der Waals surface area (Å²) in [6.07, 6.45) is 8.69. The molecule has 6 heteroatoms. The molecule has 0 unspecified atom stereocenters. The number of fused-ring (bicyclic) bond motifs is 4. The van der Waals surface area contributed by atoms with Gasteiger partial charge in [-0.1, -0.05) is 29.8 Å². The van der Waals surface area contributed by atoms with Gasteiger partial charge in [-0.2, -0.15) is 0 Å². The maximum atomic E-state index is 13.8. The molecule has 0 aromatic heterocycles. The van der Waals surface area contributed by atoms with Gasteiger partial charge in [0.15, 0.2) is 11.5 Å². The van der Waals surface area contributed by atoms with E-state index in [1.165, 1.54) is 18.4 Å². The summed E-state index contributed by atoms with van der Waals surface area (Å²) in [4.78, 5) is 29.3. The van der Waals surface area contributed by atoms with Crippen molar-refractivity contribution in [3.8, 4) is 11.5 Å². The first-order valence-corrected chi connectivity index (χ1v) is 13.4. The van der Waals surface area contributed by atoms with Gasteiger partial charge in [-0.25, -0.2) is 0 Å². The Labute approximate surface area is 213 Å². The average molecular weight is 489 g/mol. The molecule has 0 fully saturated rings. The van der Waals surface area contributed by atoms with Crippen LogP contribution in [0.5, 0.6) is 11.5 Å². The van der Waals surface area contributed by atoms with Crippen LogP contribution in [0.15, 0.2) is 48.0 Å². The van der Waals surface area contributed by atoms with Gasteiger partial charge in [0, 0.05) is 18.7 Å². The van der Waals surface area contributed by atoms with E-state index in [4.69, 9.17) is 9.47 Å². The Morgan fingerprint density at radius 1 is 1.03 bits per heavy atom. The van der Waals surface area contributed by atoms with Crippen molar-refractivity contribution < 1.29 is 19.1 Å². The number of rotatable bonds is 8. The van der Waals surface area contributed by atoms with Crippen LogP contribution in [0.1, 0.15) is 85.0 Å². The first kappa shape index (κ1) is 24.4. The standard InChI is InChI=1S/C30H36N2O4/c1-3-35-25-18-21-15-17-32-28(24(21)19-26(25)36-4-2)27(22-12-8-9-13-23(22)30(32)34)29(33)31-16-14-20-10-6-5-7-11-20/h8-10,12-13,18-19,27-28H,3-7,11,14-17H2,1-2H3,(H,31,33)/t27-,28+/m0/s1. The monoisotopic (exact) mass is 488 g/mol. The van der Waals surface area contributed by atoms with Gasteiger partial charge in [0.25, 0.3) is 5.91 Å². The Kier molecular flexibility index (Phi) is 7.30. The summed E-state index contributed by atoms with van der Waals surface area (Å²) in [5, 5.41) is 3.22. The Morgan fingerprint density at radius 3 is 2.56 bits per heavy atom. The van der Waals surface area contributed by atoms with E-state index in [1.54, 1.807) is 0 Å². The zero-order chi connectivity index (χ0) is 25.1. The highest BCUT2D eigenvalue weighted by Crippen LogP contribution is 2.48. The lowest BCUT2D eigenvalue weighted by molar-refractivity contribution is -0.124. The molecule has 190 valence electrons. The number of allylic oxidation sites excluding steroid dienone is 1. The van der Waals surface area contributed by atoms with E-state index in [1.807, 2.05) is 55.1 Å². The van der Waals surface area contributed by atoms with Crippen LogP contribution in [0.3, 0.4) is 0 Å². The molecule has 6 nitrogen and oxygen atoms in total. The minimum Gasteiger partial charge on any atom is -0.490 e. The molecule has 2 amide bonds. The second kappa shape index (κ2) is 10.8. The van der Waals surface area contributed by atoms with Crippen LogP contribution in [-0.4, -0.2) is 43.0 Å². The van der Waals surface area contributed by atoms with Gasteiger partial charge in [-0.3, -0.25) is 9.59 Å². The molecule has 2 aromatic rings. The second-order valence-electron chi connectivity index (χ2n) is 9.77. The summed E-state index contributed by atoms with van der Waals surface area (Å²) >= 11 is 0. The Balaban J connectivity index is 1.51. The maximum Gasteiger partial charge on any atom is 0.254 e. The molecule has 0 spiro atoms. The zero-order valence-electron chi connectivity index (χ0n) is 21.3. The first-order chi connectivity index (χ1) is 17.6. The number of hydrogen-bond acceptors (Lipinski definition) is 4. The quantitative estimate of drug-likeness (QED) is 0.510. The van der Waals surface area contributed by atoms with E-state index in [9.17, 15) is 9.59 Å². The molecule has 0 saturated carbocycles. The van der Waals surface area contributed by atoms with Crippen LogP contribution in [0, 0.1) is 0 Å². The average Bonchev–Trinajstić information content (AvgIpc) is 2.90. The van der Waals surface area contributed by atoms with Gasteiger partial charge in [-0.15, -0.1) is 0 Å². The highest BCUT2D eigenvalue weighted by Gasteiger charge is 2.46. The van der Waals surface area contributed by atoms with Gasteiger partial charge < -0.3 is 19.7 Å². The zero-order valence-corrected chi connectivity index (χ0v) is 21.3. The summed E-state index contributed by atoms with van der Waals surface area (Å²) in [5.41, 5.74) is 4.96. The molecule has 1 N–H and O–H groups in total. The van der Waals surface area contributed by atoms with Crippen LogP contribution in [-0.2, 0) is 11.2 Å². The summed E-state index contributed by atoms with van der Waals surface area (Å²) in [5.74, 6) is 0.863. The molecule has 2 heterocycles. The van der Waals surface area contributed by atoms with E-state index in [0.717, 1.165) is 41.7 Å². The van der Waals surface area contributed by atoms with Crippen LogP contribution in [0.2, 0.25) is 0 Å². The fraction of sp³-hybridized carbons (Fsp3) is 0.467. The lowest BCUT2D eigenvalue weighted by Gasteiger charge is -2.45. The summed E-state index contributed by atoms with van der Waals surface area (Å²) in [6, 6.07) is 11.2. The SMILES string of the molecule is CCOc1cc2c(cc1OCC)[C@@H]1[C@@H](C(=O)NCCC3=CCCCC3)c3ccccc3C(=O)N1CC2. The molecule has 1 aliphatic carbocycles. The first-order valence-electron chi connectivity index (χ1n) is 13.4. The number of amides is 2. The number of nitrogens with one attached hydrogen (secondary N) is 1. The van der Waals surface area contributed by atoms with Crippen molar-refractivity contribution in [2.24, 2.45) is 0 Å². The largest absolute Gasteiger partial charge is 0.490 e. The number of benzene rings is 2. The summed E-state index contributed by atoms with van der Waals surface area (Å²) in [6.45, 7) is 6.14. The van der Waals surface area contributed by atoms with Gasteiger partial charge in [0.1, 0.15) is 0 Å². The molecule has 36 heavy (non-hydrogen) atoms. The predicted molar refractivity (Wildman–Crippen MR) is 140 cm³/mol. The van der Waals surface area contributed by atoms with Crippen molar-refractivity contribution in [3.63, 3.8) is 0 Å². The minimum absolute atomic E-state index is 0.00972. The number of carbonyl (C=O) groups excluding carboxylic acids is 2. The van der Waals surface area contributed by atoms with Crippen LogP contribution in [0.25, 0.3) is 0 Å². The molecular formula is C30H36N2O4. The normalized spacial score (nSPS) is 20.6. The van der Waals surface area contributed by atoms with E-state index in [0.29, 0.717) is 44.0 Å². The van der Waals surface area contributed by atoms with E-state index in [-0.39, 0.29) is 17.9 Å². The highest BCUT2D eigenvalue weighted by atomic mass is 16.5. The second-order valence-corrected chi connectivity index (χ2v) is 9.77. The van der Waals surface area contributed by atoms with Crippen molar-refractivity contribution in [2.75, 3.05) is 26.3 Å². The fourth-order valence-electron chi connectivity index (χ4n) is 5.94. The third-order valence-electron chi connectivity index (χ3n) is 7.60. The number of ether oxygens (including phenoxy) is 2. The van der Waals surface area contributed by atoms with E-state index >= 15 is 0 Å². The predicted octanol–water partition coefficient (Wildman–Crippen LogP) is 5.33. The van der Waals surface area contributed by atoms with Crippen molar-refractivity contribution >= 4 is 11.8 Å². The van der Waals surface area contributed by atoms with Gasteiger partial charge in [0.05, 0.1) is 25.2 Å². The van der Waals surface area contributed by atoms with Crippen molar-refractivity contribution in [3.05, 3.63) is 70.3 Å². The third-order valence-corrected chi connectivity index (χ3v) is 7.60. The van der Waals surface area contributed by atoms with Crippen LogP contribution >= 0.6 is 0 Å². The topological polar surface area (TPSA) is 67.9 Å². The van der Waals surface area contributed by atoms with Gasteiger partial charge in [-0.05, 0) is 87.3 Å². The summed E-state index contributed by atoms with van der Waals surface area (Å²) in [7, 11) is 0. The van der Waals surface area contributed by atoms with Crippen LogP contribution < -0.4 is 14.8 Å². The Hall–Kier alpha value is -3.28. The smallest absolute Gasteiger partial charge is 0.254 e. The molecule has 0 radical (unpaired) electrons. The molecular weight excluding hydrogens is 452 g/mol. The number of carbonyl (C=O) groups is 2. The molecule has 2 atom stereocenters.